The van der Waals surface area contributed by atoms with Crippen LogP contribution in [-0.2, 0) is 6.61 Å². The van der Waals surface area contributed by atoms with Gasteiger partial charge in [-0.15, -0.1) is 0 Å². The van der Waals surface area contributed by atoms with Gasteiger partial charge < -0.3 is 5.11 Å². The highest BCUT2D eigenvalue weighted by atomic mass is 16.3. The van der Waals surface area contributed by atoms with Crippen LogP contribution in [0, 0.1) is 5.41 Å². The van der Waals surface area contributed by atoms with Gasteiger partial charge in [-0.05, 0) is 17.2 Å². The highest BCUT2D eigenvalue weighted by Gasteiger charge is 2.12. The Morgan fingerprint density at radius 2 is 1.87 bits per heavy atom. The largest absolute Gasteiger partial charge is 0.390 e. The zero-order chi connectivity index (χ0) is 10.9. The summed E-state index contributed by atoms with van der Waals surface area (Å²) in [6.07, 6.45) is 10.3. The van der Waals surface area contributed by atoms with E-state index >= 15 is 0 Å². The van der Waals surface area contributed by atoms with E-state index in [4.69, 9.17) is 5.11 Å². The molecule has 1 N–H and O–H groups in total. The Hall–Kier alpha value is -1.41. The summed E-state index contributed by atoms with van der Waals surface area (Å²) in [6.45, 7) is 4.31. The average molecular weight is 201 g/mol. The van der Waals surface area contributed by atoms with Crippen molar-refractivity contribution in [2.45, 2.75) is 20.5 Å². The number of allylic oxidation sites excluding steroid dienone is 2. The summed E-state index contributed by atoms with van der Waals surface area (Å²) in [5.74, 6) is 0. The molecule has 15 heavy (non-hydrogen) atoms. The van der Waals surface area contributed by atoms with E-state index in [1.165, 1.54) is 0 Å². The van der Waals surface area contributed by atoms with Crippen LogP contribution in [0.1, 0.15) is 30.7 Å². The van der Waals surface area contributed by atoms with Crippen LogP contribution in [0.2, 0.25) is 0 Å². The molecule has 1 aliphatic rings. The number of aromatic nitrogens is 1. The molecule has 0 unspecified atom stereocenters. The van der Waals surface area contributed by atoms with Gasteiger partial charge in [0.05, 0.1) is 12.3 Å². The Morgan fingerprint density at radius 1 is 1.20 bits per heavy atom. The highest BCUT2D eigenvalue weighted by molar-refractivity contribution is 5.68. The Labute approximate surface area is 90.0 Å². The van der Waals surface area contributed by atoms with Crippen LogP contribution in [0.15, 0.2) is 24.4 Å². The summed E-state index contributed by atoms with van der Waals surface area (Å²) in [7, 11) is 0. The van der Waals surface area contributed by atoms with E-state index in [2.05, 4.69) is 43.1 Å². The number of aliphatic hydroxyl groups excluding tert-OH is 1. The second kappa shape index (κ2) is 3.63. The lowest BCUT2D eigenvalue weighted by Gasteiger charge is -2.11. The van der Waals surface area contributed by atoms with Gasteiger partial charge in [-0.3, -0.25) is 4.98 Å². The van der Waals surface area contributed by atoms with Crippen LogP contribution in [0.3, 0.4) is 0 Å². The molecule has 0 fully saturated rings. The average Bonchev–Trinajstić information content (AvgIpc) is 2.38. The summed E-state index contributed by atoms with van der Waals surface area (Å²) < 4.78 is 0. The predicted octanol–water partition coefficient (Wildman–Crippen LogP) is 2.64. The van der Waals surface area contributed by atoms with Crippen molar-refractivity contribution in [2.24, 2.45) is 5.41 Å². The Bertz CT molecular complexity index is 430. The first-order valence-electron chi connectivity index (χ1n) is 5.09. The van der Waals surface area contributed by atoms with Gasteiger partial charge >= 0.3 is 0 Å². The van der Waals surface area contributed by atoms with Gasteiger partial charge in [0.2, 0.25) is 0 Å². The van der Waals surface area contributed by atoms with E-state index in [9.17, 15) is 0 Å². The first-order chi connectivity index (χ1) is 7.11. The summed E-state index contributed by atoms with van der Waals surface area (Å²) >= 11 is 0. The quantitative estimate of drug-likeness (QED) is 0.757. The molecular weight excluding hydrogens is 186 g/mol. The van der Waals surface area contributed by atoms with Crippen LogP contribution in [0.25, 0.3) is 12.2 Å². The molecule has 1 aromatic heterocycles. The third-order valence-corrected chi connectivity index (χ3v) is 2.57. The minimum absolute atomic E-state index is 0.00573. The van der Waals surface area contributed by atoms with E-state index in [0.29, 0.717) is 5.69 Å². The zero-order valence-electron chi connectivity index (χ0n) is 9.07. The fraction of sp³-hybridized carbons (Fsp3) is 0.308. The zero-order valence-corrected chi connectivity index (χ0v) is 9.07. The smallest absolute Gasteiger partial charge is 0.0853 e. The molecule has 2 nitrogen and oxygen atoms in total. The molecule has 0 aliphatic heterocycles. The molecule has 0 amide bonds. The van der Waals surface area contributed by atoms with Gasteiger partial charge in [-0.25, -0.2) is 0 Å². The number of hydrogen-bond donors (Lipinski definition) is 1. The predicted molar refractivity (Wildman–Crippen MR) is 62.0 cm³/mol. The van der Waals surface area contributed by atoms with E-state index in [1.807, 2.05) is 12.3 Å². The Morgan fingerprint density at radius 3 is 2.53 bits per heavy atom. The molecule has 78 valence electrons. The molecule has 0 atom stereocenters. The Balaban J connectivity index is 2.49. The van der Waals surface area contributed by atoms with Crippen molar-refractivity contribution in [1.29, 1.82) is 0 Å². The monoisotopic (exact) mass is 201 g/mol. The van der Waals surface area contributed by atoms with E-state index in [-0.39, 0.29) is 12.0 Å². The number of hydrogen-bond acceptors (Lipinski definition) is 2. The third-order valence-electron chi connectivity index (χ3n) is 2.57. The van der Waals surface area contributed by atoms with Gasteiger partial charge in [0, 0.05) is 11.6 Å². The molecule has 0 bridgehead atoms. The fourth-order valence-electron chi connectivity index (χ4n) is 1.56. The van der Waals surface area contributed by atoms with Gasteiger partial charge in [-0.2, -0.15) is 0 Å². The van der Waals surface area contributed by atoms with Gasteiger partial charge in [0.1, 0.15) is 0 Å². The number of fused-ring (bicyclic) bond motifs is 1. The van der Waals surface area contributed by atoms with Crippen molar-refractivity contribution in [3.63, 3.8) is 0 Å². The van der Waals surface area contributed by atoms with Crippen molar-refractivity contribution in [1.82, 2.24) is 4.98 Å². The van der Waals surface area contributed by atoms with Crippen molar-refractivity contribution >= 4 is 12.2 Å². The number of nitrogens with zero attached hydrogens (tertiary/aromatic N) is 1. The maximum absolute atomic E-state index is 9.01. The van der Waals surface area contributed by atoms with E-state index < -0.39 is 0 Å². The third kappa shape index (κ3) is 2.16. The van der Waals surface area contributed by atoms with Gasteiger partial charge in [0.15, 0.2) is 0 Å². The number of aliphatic hydroxyl groups is 1. The van der Waals surface area contributed by atoms with Crippen molar-refractivity contribution in [3.8, 4) is 0 Å². The molecule has 0 aromatic carbocycles. The minimum atomic E-state index is -0.00573. The van der Waals surface area contributed by atoms with E-state index in [0.717, 1.165) is 11.1 Å². The van der Waals surface area contributed by atoms with Gasteiger partial charge in [-0.1, -0.05) is 38.2 Å². The summed E-state index contributed by atoms with van der Waals surface area (Å²) in [6, 6.07) is 1.93. The molecule has 0 spiro atoms. The van der Waals surface area contributed by atoms with Crippen LogP contribution in [0.4, 0.5) is 0 Å². The van der Waals surface area contributed by atoms with Crippen LogP contribution < -0.4 is 0 Å². The summed E-state index contributed by atoms with van der Waals surface area (Å²) in [5.41, 5.74) is 3.02. The molecule has 0 saturated carbocycles. The summed E-state index contributed by atoms with van der Waals surface area (Å²) in [5, 5.41) is 9.01. The fourth-order valence-corrected chi connectivity index (χ4v) is 1.56. The molecule has 1 aliphatic carbocycles. The normalized spacial score (nSPS) is 17.3. The minimum Gasteiger partial charge on any atom is -0.390 e. The van der Waals surface area contributed by atoms with Crippen LogP contribution in [-0.4, -0.2) is 10.1 Å². The molecule has 0 radical (unpaired) electrons. The molecule has 1 heterocycles. The Kier molecular flexibility index (Phi) is 2.45. The van der Waals surface area contributed by atoms with E-state index in [1.54, 1.807) is 0 Å². The molecule has 2 heteroatoms. The van der Waals surface area contributed by atoms with Crippen molar-refractivity contribution in [2.75, 3.05) is 0 Å². The topological polar surface area (TPSA) is 33.1 Å². The summed E-state index contributed by atoms with van der Waals surface area (Å²) in [4.78, 5) is 4.16. The van der Waals surface area contributed by atoms with Crippen molar-refractivity contribution in [3.05, 3.63) is 41.2 Å². The van der Waals surface area contributed by atoms with Crippen molar-refractivity contribution < 1.29 is 5.11 Å². The second-order valence-electron chi connectivity index (χ2n) is 4.45. The first kappa shape index (κ1) is 10.1. The lowest BCUT2D eigenvalue weighted by Crippen LogP contribution is -1.99. The molecule has 1 aromatic rings. The molecule has 2 rings (SSSR count). The number of pyridine rings is 1. The van der Waals surface area contributed by atoms with Crippen LogP contribution >= 0.6 is 0 Å². The van der Waals surface area contributed by atoms with Crippen LogP contribution in [0.5, 0.6) is 0 Å². The standard InChI is InChI=1S/C13H15NO/c1-13(2)5-3-10-7-12(9-15)14-8-11(10)4-6-13/h3-8,15H,9H2,1-2H3. The molecular formula is C13H15NO. The lowest BCUT2D eigenvalue weighted by atomic mass is 9.93. The lowest BCUT2D eigenvalue weighted by molar-refractivity contribution is 0.277. The maximum Gasteiger partial charge on any atom is 0.0853 e. The highest BCUT2D eigenvalue weighted by Crippen LogP contribution is 2.27. The maximum atomic E-state index is 9.01. The first-order valence-corrected chi connectivity index (χ1v) is 5.09. The van der Waals surface area contributed by atoms with Gasteiger partial charge in [0.25, 0.3) is 0 Å². The SMILES string of the molecule is CC1(C)C=Cc2cnc(CO)cc2C=C1. The molecule has 0 saturated heterocycles. The second-order valence-corrected chi connectivity index (χ2v) is 4.45. The number of rotatable bonds is 1.